The van der Waals surface area contributed by atoms with E-state index in [1.54, 1.807) is 10.8 Å². The van der Waals surface area contributed by atoms with Crippen LogP contribution in [0.1, 0.15) is 97.4 Å². The number of carbonyl (C=O) groups excluding carboxylic acids is 2. The Labute approximate surface area is 326 Å². The Balaban J connectivity index is 0.933. The molecule has 2 unspecified atom stereocenters. The van der Waals surface area contributed by atoms with Crippen molar-refractivity contribution in [3.8, 4) is 11.8 Å². The van der Waals surface area contributed by atoms with Gasteiger partial charge in [0.05, 0.1) is 35.6 Å². The minimum Gasteiger partial charge on any atom is -0.493 e. The van der Waals surface area contributed by atoms with Crippen LogP contribution in [0.5, 0.6) is 5.75 Å². The van der Waals surface area contributed by atoms with Gasteiger partial charge in [0.15, 0.2) is 11.6 Å². The zero-order chi connectivity index (χ0) is 38.9. The smallest absolute Gasteiger partial charge is 0.253 e. The van der Waals surface area contributed by atoms with Gasteiger partial charge in [0.25, 0.3) is 5.56 Å². The number of fused-ring (bicyclic) bond motifs is 2. The third-order valence-electron chi connectivity index (χ3n) is 12.5. The summed E-state index contributed by atoms with van der Waals surface area (Å²) in [6.07, 6.45) is 9.07. The Morgan fingerprint density at radius 2 is 1.77 bits per heavy atom. The number of halogens is 1. The highest BCUT2D eigenvalue weighted by molar-refractivity contribution is 6.01. The zero-order valence-corrected chi connectivity index (χ0v) is 32.3. The van der Waals surface area contributed by atoms with Crippen molar-refractivity contribution < 1.29 is 18.7 Å². The van der Waals surface area contributed by atoms with Crippen LogP contribution in [-0.4, -0.2) is 71.6 Å². The molecule has 292 valence electrons. The summed E-state index contributed by atoms with van der Waals surface area (Å²) < 4.78 is 23.3. The van der Waals surface area contributed by atoms with E-state index < -0.39 is 17.8 Å². The summed E-state index contributed by atoms with van der Waals surface area (Å²) in [6.45, 7) is 7.02. The van der Waals surface area contributed by atoms with Gasteiger partial charge >= 0.3 is 0 Å². The SMILES string of the molecule is Cc1cc2c(C3CCCCOc4ccc(C#N)cc43)cc(C3CCN(CC4CCN(c5ncc(NC6CCC(=O)NC6=O)cc5F)CC4)CC3)cc2n(C)c1=O. The number of hydrogen-bond acceptors (Lipinski definition) is 9. The summed E-state index contributed by atoms with van der Waals surface area (Å²) >= 11 is 0. The number of nitriles is 1. The van der Waals surface area contributed by atoms with Gasteiger partial charge in [0.1, 0.15) is 11.8 Å². The first-order chi connectivity index (χ1) is 27.1. The Hall–Kier alpha value is -5.28. The number of nitrogens with one attached hydrogen (secondary N) is 2. The molecule has 11 nitrogen and oxygen atoms in total. The maximum absolute atomic E-state index is 15.3. The van der Waals surface area contributed by atoms with Crippen molar-refractivity contribution in [1.82, 2.24) is 19.8 Å². The molecule has 4 aromatic rings. The van der Waals surface area contributed by atoms with Gasteiger partial charge in [-0.2, -0.15) is 5.26 Å². The average molecular weight is 760 g/mol. The molecule has 56 heavy (non-hydrogen) atoms. The molecule has 12 heteroatoms. The maximum atomic E-state index is 15.3. The Morgan fingerprint density at radius 3 is 2.52 bits per heavy atom. The first-order valence-electron chi connectivity index (χ1n) is 20.2. The van der Waals surface area contributed by atoms with Gasteiger partial charge in [-0.3, -0.25) is 19.7 Å². The minimum atomic E-state index is -0.589. The van der Waals surface area contributed by atoms with E-state index >= 15 is 4.39 Å². The molecular formula is C44H50FN7O4. The largest absolute Gasteiger partial charge is 0.493 e. The lowest BCUT2D eigenvalue weighted by Gasteiger charge is -2.38. The number of piperidine rings is 3. The summed E-state index contributed by atoms with van der Waals surface area (Å²) in [5.74, 6) is 0.985. The fraction of sp³-hybridized carbons (Fsp3) is 0.477. The van der Waals surface area contributed by atoms with Crippen LogP contribution in [0.3, 0.4) is 0 Å². The number of amides is 2. The van der Waals surface area contributed by atoms with Crippen molar-refractivity contribution in [3.05, 3.63) is 92.6 Å². The fourth-order valence-electron chi connectivity index (χ4n) is 9.34. The van der Waals surface area contributed by atoms with Crippen LogP contribution in [-0.2, 0) is 16.6 Å². The Kier molecular flexibility index (Phi) is 10.8. The van der Waals surface area contributed by atoms with Crippen molar-refractivity contribution in [2.45, 2.75) is 82.6 Å². The van der Waals surface area contributed by atoms with Crippen molar-refractivity contribution in [2.75, 3.05) is 49.5 Å². The Morgan fingerprint density at radius 1 is 0.964 bits per heavy atom. The van der Waals surface area contributed by atoms with E-state index in [0.29, 0.717) is 41.9 Å². The lowest BCUT2D eigenvalue weighted by Crippen LogP contribution is -2.47. The zero-order valence-electron chi connectivity index (χ0n) is 32.3. The standard InChI is InChI=1S/C44H50FN7O4/c1-27-19-35-34(33-5-3-4-18-56-40-8-6-29(24-46)20-36(33)40)21-31(22-39(35)50(2)44(27)55)30-12-14-51(15-13-30)26-28-10-16-52(17-11-28)42-37(45)23-32(25-47-42)48-38-7-9-41(53)49-43(38)54/h6,8,19-23,25,28,30,33,38,48H,3-5,7,9-18,26H2,1-2H3,(H,49,53,54). The Bertz CT molecular complexity index is 2250. The van der Waals surface area contributed by atoms with Gasteiger partial charge in [-0.15, -0.1) is 0 Å². The quantitative estimate of drug-likeness (QED) is 0.210. The molecule has 4 aliphatic heterocycles. The number of likely N-dealkylation sites (tertiary alicyclic amines) is 1. The number of rotatable bonds is 7. The van der Waals surface area contributed by atoms with E-state index in [-0.39, 0.29) is 23.8 Å². The number of aromatic nitrogens is 2. The van der Waals surface area contributed by atoms with Gasteiger partial charge < -0.3 is 24.4 Å². The highest BCUT2D eigenvalue weighted by Crippen LogP contribution is 2.43. The second kappa shape index (κ2) is 16.1. The third-order valence-corrected chi connectivity index (χ3v) is 12.5. The molecule has 3 saturated heterocycles. The van der Waals surface area contributed by atoms with Crippen molar-refractivity contribution in [1.29, 1.82) is 5.26 Å². The first-order valence-corrected chi connectivity index (χ1v) is 20.2. The van der Waals surface area contributed by atoms with Gasteiger partial charge in [-0.1, -0.05) is 6.07 Å². The molecular weight excluding hydrogens is 710 g/mol. The highest BCUT2D eigenvalue weighted by atomic mass is 19.1. The fourth-order valence-corrected chi connectivity index (χ4v) is 9.34. The number of carbonyl (C=O) groups is 2. The highest BCUT2D eigenvalue weighted by Gasteiger charge is 2.31. The monoisotopic (exact) mass is 759 g/mol. The van der Waals surface area contributed by atoms with Crippen LogP contribution in [0.4, 0.5) is 15.9 Å². The molecule has 2 amide bonds. The normalized spacial score (nSPS) is 21.4. The topological polar surface area (TPSA) is 133 Å². The van der Waals surface area contributed by atoms with Crippen molar-refractivity contribution >= 4 is 34.2 Å². The van der Waals surface area contributed by atoms with E-state index in [9.17, 15) is 19.6 Å². The molecule has 0 bridgehead atoms. The van der Waals surface area contributed by atoms with Gasteiger partial charge in [0, 0.05) is 61.6 Å². The van der Waals surface area contributed by atoms with Gasteiger partial charge in [-0.25, -0.2) is 9.37 Å². The summed E-state index contributed by atoms with van der Waals surface area (Å²) in [5, 5.41) is 16.2. The van der Waals surface area contributed by atoms with E-state index in [2.05, 4.69) is 44.8 Å². The van der Waals surface area contributed by atoms with Crippen molar-refractivity contribution in [3.63, 3.8) is 0 Å². The predicted octanol–water partition coefficient (Wildman–Crippen LogP) is 6.26. The van der Waals surface area contributed by atoms with Crippen LogP contribution in [0.15, 0.2) is 53.5 Å². The van der Waals surface area contributed by atoms with Gasteiger partial charge in [-0.05, 0) is 125 Å². The molecule has 0 aliphatic carbocycles. The number of pyridine rings is 2. The molecule has 8 rings (SSSR count). The lowest BCUT2D eigenvalue weighted by molar-refractivity contribution is -0.133. The van der Waals surface area contributed by atoms with E-state index in [1.807, 2.05) is 37.1 Å². The van der Waals surface area contributed by atoms with Crippen LogP contribution in [0.2, 0.25) is 0 Å². The number of anilines is 2. The molecule has 2 aromatic carbocycles. The minimum absolute atomic E-state index is 0.0203. The van der Waals surface area contributed by atoms with Crippen LogP contribution >= 0.6 is 0 Å². The molecule has 3 fully saturated rings. The summed E-state index contributed by atoms with van der Waals surface area (Å²) in [5.41, 5.74) is 6.27. The predicted molar refractivity (Wildman–Crippen MR) is 214 cm³/mol. The average Bonchev–Trinajstić information content (AvgIpc) is 3.19. The summed E-state index contributed by atoms with van der Waals surface area (Å²) in [4.78, 5) is 45.9. The first kappa shape index (κ1) is 37.6. The number of imide groups is 1. The van der Waals surface area contributed by atoms with Crippen molar-refractivity contribution in [2.24, 2.45) is 13.0 Å². The number of nitrogens with zero attached hydrogens (tertiary/aromatic N) is 5. The molecule has 0 radical (unpaired) electrons. The van der Waals surface area contributed by atoms with Crippen LogP contribution in [0, 0.1) is 30.0 Å². The number of benzene rings is 2. The van der Waals surface area contributed by atoms with Crippen LogP contribution < -0.4 is 25.8 Å². The number of hydrogen-bond donors (Lipinski definition) is 2. The van der Waals surface area contributed by atoms with Gasteiger partial charge in [0.2, 0.25) is 11.8 Å². The summed E-state index contributed by atoms with van der Waals surface area (Å²) in [6, 6.07) is 15.6. The summed E-state index contributed by atoms with van der Waals surface area (Å²) in [7, 11) is 1.88. The van der Waals surface area contributed by atoms with E-state index in [1.165, 1.54) is 17.2 Å². The molecule has 2 N–H and O–H groups in total. The second-order valence-corrected chi connectivity index (χ2v) is 16.2. The second-order valence-electron chi connectivity index (χ2n) is 16.2. The molecule has 0 saturated carbocycles. The maximum Gasteiger partial charge on any atom is 0.253 e. The lowest BCUT2D eigenvalue weighted by atomic mass is 9.80. The number of aryl methyl sites for hydroxylation is 2. The molecule has 4 aliphatic rings. The van der Waals surface area contributed by atoms with E-state index in [0.717, 1.165) is 105 Å². The molecule has 0 spiro atoms. The molecule has 2 atom stereocenters. The third kappa shape index (κ3) is 7.74. The molecule has 6 heterocycles. The molecule has 2 aromatic heterocycles. The van der Waals surface area contributed by atoms with E-state index in [4.69, 9.17) is 4.74 Å². The van der Waals surface area contributed by atoms with Crippen LogP contribution in [0.25, 0.3) is 10.9 Å². The number of ether oxygens (including phenoxy) is 1.